The molecule has 0 fully saturated rings. The number of allylic oxidation sites excluding steroid dienone is 14. The number of esters is 2. The molecule has 0 saturated carbocycles. The number of rotatable bonds is 36. The van der Waals surface area contributed by atoms with Gasteiger partial charge in [-0.1, -0.05) is 130 Å². The van der Waals surface area contributed by atoms with Gasteiger partial charge in [-0.15, -0.1) is 0 Å². The molecule has 0 heterocycles. The second kappa shape index (κ2) is 36.9. The Morgan fingerprint density at radius 1 is 0.638 bits per heavy atom. The molecule has 11 nitrogen and oxygen atoms in total. The zero-order valence-electron chi connectivity index (χ0n) is 36.2. The summed E-state index contributed by atoms with van der Waals surface area (Å²) >= 11 is 0. The molecule has 0 spiro atoms. The van der Waals surface area contributed by atoms with Gasteiger partial charge in [-0.3, -0.25) is 18.6 Å². The Bertz CT molecular complexity index is 1340. The van der Waals surface area contributed by atoms with Crippen LogP contribution < -0.4 is 0 Å². The highest BCUT2D eigenvalue weighted by Crippen LogP contribution is 2.43. The Balaban J connectivity index is 4.71. The highest BCUT2D eigenvalue weighted by atomic mass is 31.2. The molecule has 0 aliphatic carbocycles. The topological polar surface area (TPSA) is 149 Å². The summed E-state index contributed by atoms with van der Waals surface area (Å²) in [5, 5.41) is 20.2. The van der Waals surface area contributed by atoms with Crippen LogP contribution in [0.1, 0.15) is 117 Å². The number of aliphatic hydroxyl groups excluding tert-OH is 2. The molecule has 4 atom stereocenters. The number of carbonyl (C=O) groups is 2. The van der Waals surface area contributed by atoms with Crippen LogP contribution in [0.15, 0.2) is 97.2 Å². The van der Waals surface area contributed by atoms with Crippen molar-refractivity contribution < 1.29 is 52.3 Å². The van der Waals surface area contributed by atoms with Crippen LogP contribution in [0.4, 0.5) is 0 Å². The summed E-state index contributed by atoms with van der Waals surface area (Å²) in [5.74, 6) is -1.09. The van der Waals surface area contributed by atoms with E-state index in [1.807, 2.05) is 51.5 Å². The molecule has 0 aliphatic heterocycles. The van der Waals surface area contributed by atoms with E-state index in [0.29, 0.717) is 36.7 Å². The van der Waals surface area contributed by atoms with Gasteiger partial charge < -0.3 is 29.1 Å². The second-order valence-corrected chi connectivity index (χ2v) is 16.5. The van der Waals surface area contributed by atoms with Gasteiger partial charge in [0.05, 0.1) is 40.0 Å². The third-order valence-corrected chi connectivity index (χ3v) is 9.29. The molecule has 1 unspecified atom stereocenters. The van der Waals surface area contributed by atoms with Crippen LogP contribution in [0.25, 0.3) is 0 Å². The molecule has 0 aromatic carbocycles. The van der Waals surface area contributed by atoms with E-state index >= 15 is 0 Å². The lowest BCUT2D eigenvalue weighted by Crippen LogP contribution is -2.37. The van der Waals surface area contributed by atoms with Crippen LogP contribution in [0.2, 0.25) is 0 Å². The Hall–Kier alpha value is -3.15. The van der Waals surface area contributed by atoms with Crippen molar-refractivity contribution in [3.8, 4) is 0 Å². The molecular formula is C46H77NO10P+. The number of phosphoric acid groups is 1. The average molecular weight is 835 g/mol. The average Bonchev–Trinajstić information content (AvgIpc) is 3.16. The minimum atomic E-state index is -4.45. The Kier molecular flexibility index (Phi) is 34.9. The van der Waals surface area contributed by atoms with Gasteiger partial charge in [0, 0.05) is 12.8 Å². The quantitative estimate of drug-likeness (QED) is 0.0139. The number of nitrogens with zero attached hydrogens (tertiary/aromatic N) is 1. The predicted molar refractivity (Wildman–Crippen MR) is 236 cm³/mol. The van der Waals surface area contributed by atoms with Crippen LogP contribution >= 0.6 is 7.82 Å². The van der Waals surface area contributed by atoms with Crippen molar-refractivity contribution in [2.24, 2.45) is 0 Å². The summed E-state index contributed by atoms with van der Waals surface area (Å²) in [6, 6.07) is 0. The molecular weight excluding hydrogens is 757 g/mol. The van der Waals surface area contributed by atoms with Gasteiger partial charge >= 0.3 is 19.8 Å². The molecule has 330 valence electrons. The first kappa shape index (κ1) is 54.9. The van der Waals surface area contributed by atoms with Crippen molar-refractivity contribution in [3.05, 3.63) is 97.2 Å². The molecule has 0 rings (SSSR count). The van der Waals surface area contributed by atoms with Crippen molar-refractivity contribution in [2.75, 3.05) is 47.5 Å². The molecule has 0 saturated heterocycles. The van der Waals surface area contributed by atoms with Gasteiger partial charge in [0.15, 0.2) is 6.10 Å². The van der Waals surface area contributed by atoms with Gasteiger partial charge in [-0.2, -0.15) is 0 Å². The summed E-state index contributed by atoms with van der Waals surface area (Å²) in [7, 11) is 1.30. The molecule has 0 bridgehead atoms. The lowest BCUT2D eigenvalue weighted by atomic mass is 10.1. The SMILES string of the molecule is CC/C=C\C/C=C\C/C=C\C/C=C\CCCCC(=O)O[C@H](COC(=O)CCC[C@@H](O)/C=C/C=C\C/C=C\C=C\[C@@H](O)CCCCC)COP(=O)(O)OCC[N+](C)(C)C. The molecule has 0 aromatic rings. The summed E-state index contributed by atoms with van der Waals surface area (Å²) in [6.45, 7) is 3.85. The summed E-state index contributed by atoms with van der Waals surface area (Å²) in [5.41, 5.74) is 0. The Morgan fingerprint density at radius 3 is 1.78 bits per heavy atom. The summed E-state index contributed by atoms with van der Waals surface area (Å²) in [6.07, 6.45) is 41.1. The van der Waals surface area contributed by atoms with E-state index in [9.17, 15) is 29.3 Å². The lowest BCUT2D eigenvalue weighted by Gasteiger charge is -2.24. The normalized spacial score (nSPS) is 15.7. The number of ether oxygens (including phenoxy) is 2. The fourth-order valence-corrected chi connectivity index (χ4v) is 5.66. The van der Waals surface area contributed by atoms with Crippen LogP contribution in [-0.4, -0.2) is 97.3 Å². The van der Waals surface area contributed by atoms with Crippen LogP contribution in [-0.2, 0) is 32.7 Å². The third kappa shape index (κ3) is 39.7. The van der Waals surface area contributed by atoms with E-state index in [1.165, 1.54) is 0 Å². The molecule has 0 amide bonds. The monoisotopic (exact) mass is 835 g/mol. The fraction of sp³-hybridized carbons (Fsp3) is 0.609. The van der Waals surface area contributed by atoms with E-state index in [-0.39, 0.29) is 26.1 Å². The number of aliphatic hydroxyl groups is 2. The fourth-order valence-electron chi connectivity index (χ4n) is 4.92. The number of hydrogen-bond acceptors (Lipinski definition) is 9. The maximum Gasteiger partial charge on any atom is 0.472 e. The summed E-state index contributed by atoms with van der Waals surface area (Å²) < 4.78 is 34.0. The van der Waals surface area contributed by atoms with Gasteiger partial charge in [0.25, 0.3) is 0 Å². The first-order valence-electron chi connectivity index (χ1n) is 21.2. The number of likely N-dealkylation sites (N-methyl/N-ethyl adjacent to an activating group) is 1. The first-order chi connectivity index (χ1) is 27.8. The van der Waals surface area contributed by atoms with E-state index in [1.54, 1.807) is 18.2 Å². The lowest BCUT2D eigenvalue weighted by molar-refractivity contribution is -0.870. The van der Waals surface area contributed by atoms with E-state index in [2.05, 4.69) is 62.5 Å². The molecule has 3 N–H and O–H groups in total. The molecule has 58 heavy (non-hydrogen) atoms. The molecule has 0 aromatic heterocycles. The van der Waals surface area contributed by atoms with Gasteiger partial charge in [0.1, 0.15) is 19.8 Å². The van der Waals surface area contributed by atoms with Crippen molar-refractivity contribution in [1.82, 2.24) is 0 Å². The van der Waals surface area contributed by atoms with E-state index in [4.69, 9.17) is 18.5 Å². The van der Waals surface area contributed by atoms with Crippen molar-refractivity contribution in [2.45, 2.75) is 135 Å². The number of unbranched alkanes of at least 4 members (excludes halogenated alkanes) is 4. The first-order valence-corrected chi connectivity index (χ1v) is 22.7. The zero-order valence-corrected chi connectivity index (χ0v) is 37.1. The highest BCUT2D eigenvalue weighted by Gasteiger charge is 2.27. The van der Waals surface area contributed by atoms with Gasteiger partial charge in [-0.05, 0) is 70.6 Å². The van der Waals surface area contributed by atoms with Crippen molar-refractivity contribution in [1.29, 1.82) is 0 Å². The van der Waals surface area contributed by atoms with E-state index in [0.717, 1.165) is 64.2 Å². The maximum absolute atomic E-state index is 12.7. The standard InChI is InChI=1S/C46H76NO10P/c1-6-8-10-11-12-13-14-15-16-17-18-19-23-26-30-36-46(51)57-44(41-56-58(52,53)55-39-38-47(3,4)5)40-54-45(50)37-31-35-43(49)34-29-25-22-20-21-24-28-33-42(48)32-27-9-7-2/h8,10,12-13,15-16,18-19,21-22,24-25,28-29,33-34,42-44,48-49H,6-7,9,11,14,17,20,23,26-27,30-32,35-41H2,1-5H3/p+1/b10-8-,13-12-,16-15-,19-18-,24-21-,25-22-,33-28+,34-29+/t42-,43-,44+/m0/s1. The van der Waals surface area contributed by atoms with E-state index < -0.39 is 44.7 Å². The van der Waals surface area contributed by atoms with Crippen LogP contribution in [0, 0.1) is 0 Å². The minimum absolute atomic E-state index is 0.0196. The predicted octanol–water partition coefficient (Wildman–Crippen LogP) is 9.73. The zero-order chi connectivity index (χ0) is 43.2. The smallest absolute Gasteiger partial charge is 0.462 e. The molecule has 12 heteroatoms. The molecule has 0 radical (unpaired) electrons. The third-order valence-electron chi connectivity index (χ3n) is 8.31. The molecule has 0 aliphatic rings. The van der Waals surface area contributed by atoms with Crippen LogP contribution in [0.3, 0.4) is 0 Å². The largest absolute Gasteiger partial charge is 0.472 e. The Labute approximate surface area is 350 Å². The number of quaternary nitrogens is 1. The maximum atomic E-state index is 12.7. The summed E-state index contributed by atoms with van der Waals surface area (Å²) in [4.78, 5) is 35.3. The number of hydrogen-bond donors (Lipinski definition) is 3. The van der Waals surface area contributed by atoms with Crippen LogP contribution in [0.5, 0.6) is 0 Å². The number of phosphoric ester groups is 1. The van der Waals surface area contributed by atoms with Gasteiger partial charge in [-0.25, -0.2) is 4.57 Å². The minimum Gasteiger partial charge on any atom is -0.462 e. The van der Waals surface area contributed by atoms with Crippen molar-refractivity contribution in [3.63, 3.8) is 0 Å². The highest BCUT2D eigenvalue weighted by molar-refractivity contribution is 7.47. The van der Waals surface area contributed by atoms with Crippen molar-refractivity contribution >= 4 is 19.8 Å². The van der Waals surface area contributed by atoms with Gasteiger partial charge in [0.2, 0.25) is 0 Å². The number of carbonyl (C=O) groups excluding carboxylic acids is 2. The Morgan fingerprint density at radius 2 is 1.19 bits per heavy atom. The second-order valence-electron chi connectivity index (χ2n) is 15.0.